The lowest BCUT2D eigenvalue weighted by molar-refractivity contribution is -0.150. The predicted molar refractivity (Wildman–Crippen MR) is 94.7 cm³/mol. The summed E-state index contributed by atoms with van der Waals surface area (Å²) < 4.78 is 11.3. The number of aliphatic hydroxyl groups excluding tert-OH is 2. The van der Waals surface area contributed by atoms with Gasteiger partial charge in [-0.25, -0.2) is 0 Å². The van der Waals surface area contributed by atoms with E-state index < -0.39 is 18.0 Å². The molecule has 0 spiro atoms. The van der Waals surface area contributed by atoms with Gasteiger partial charge in [-0.2, -0.15) is 0 Å². The van der Waals surface area contributed by atoms with Gasteiger partial charge in [0.1, 0.15) is 6.10 Å². The number of rotatable bonds is 2. The van der Waals surface area contributed by atoms with Gasteiger partial charge in [0, 0.05) is 5.92 Å². The maximum Gasteiger partial charge on any atom is 0.162 e. The molecule has 25 heavy (non-hydrogen) atoms. The Morgan fingerprint density at radius 1 is 1.32 bits per heavy atom. The first kappa shape index (κ1) is 18.8. The van der Waals surface area contributed by atoms with Crippen molar-refractivity contribution in [2.45, 2.75) is 69.7 Å². The van der Waals surface area contributed by atoms with Crippen molar-refractivity contribution in [2.24, 2.45) is 11.8 Å². The van der Waals surface area contributed by atoms with Crippen molar-refractivity contribution in [2.75, 3.05) is 6.61 Å². The Labute approximate surface area is 149 Å². The van der Waals surface area contributed by atoms with Crippen LogP contribution in [0.15, 0.2) is 36.0 Å². The van der Waals surface area contributed by atoms with Crippen LogP contribution in [-0.2, 0) is 9.47 Å². The zero-order valence-electron chi connectivity index (χ0n) is 15.3. The minimum atomic E-state index is -0.900. The molecule has 5 heteroatoms. The summed E-state index contributed by atoms with van der Waals surface area (Å²) >= 11 is 0. The van der Waals surface area contributed by atoms with Crippen LogP contribution in [0, 0.1) is 11.8 Å². The first-order valence-corrected chi connectivity index (χ1v) is 9.04. The topological polar surface area (TPSA) is 82.5 Å². The predicted octanol–water partition coefficient (Wildman–Crippen LogP) is 2.08. The Balaban J connectivity index is 1.87. The number of fused-ring (bicyclic) bond motifs is 2. The third-order valence-corrected chi connectivity index (χ3v) is 5.64. The molecule has 0 aromatic carbocycles. The van der Waals surface area contributed by atoms with Gasteiger partial charge < -0.3 is 24.8 Å². The lowest BCUT2D eigenvalue weighted by Crippen LogP contribution is -2.39. The molecule has 3 aliphatic rings. The van der Waals surface area contributed by atoms with Crippen LogP contribution in [0.4, 0.5) is 0 Å². The van der Waals surface area contributed by atoms with Crippen LogP contribution >= 0.6 is 0 Å². The molecule has 2 aliphatic heterocycles. The van der Waals surface area contributed by atoms with Gasteiger partial charge in [-0.15, -0.1) is 0 Å². The average molecular weight is 350 g/mol. The van der Waals surface area contributed by atoms with E-state index >= 15 is 0 Å². The zero-order valence-corrected chi connectivity index (χ0v) is 15.3. The monoisotopic (exact) mass is 350 g/mol. The molecule has 1 saturated carbocycles. The van der Waals surface area contributed by atoms with Crippen LogP contribution in [0.3, 0.4) is 0 Å². The number of hydrogen-bond acceptors (Lipinski definition) is 5. The van der Waals surface area contributed by atoms with E-state index in [0.717, 1.165) is 24.0 Å². The zero-order chi connectivity index (χ0) is 18.4. The van der Waals surface area contributed by atoms with Crippen molar-refractivity contribution in [1.29, 1.82) is 0 Å². The van der Waals surface area contributed by atoms with E-state index in [9.17, 15) is 15.3 Å². The van der Waals surface area contributed by atoms with E-state index in [1.807, 2.05) is 19.1 Å². The summed E-state index contributed by atoms with van der Waals surface area (Å²) in [6.07, 6.45) is 5.98. The SMILES string of the molecule is C=C1CC(O)C2OC2(C)CCC2C(=CC=CC(C)(C)O)COC(O)C12. The van der Waals surface area contributed by atoms with E-state index in [-0.39, 0.29) is 23.5 Å². The smallest absolute Gasteiger partial charge is 0.162 e. The van der Waals surface area contributed by atoms with Crippen molar-refractivity contribution in [3.05, 3.63) is 36.0 Å². The number of allylic oxidation sites excluding steroid dienone is 2. The molecular weight excluding hydrogens is 320 g/mol. The first-order chi connectivity index (χ1) is 11.6. The van der Waals surface area contributed by atoms with Crippen LogP contribution in [0.25, 0.3) is 0 Å². The third kappa shape index (κ3) is 4.07. The number of epoxide rings is 1. The van der Waals surface area contributed by atoms with Crippen molar-refractivity contribution in [3.63, 3.8) is 0 Å². The van der Waals surface area contributed by atoms with Gasteiger partial charge in [-0.3, -0.25) is 0 Å². The molecule has 0 bridgehead atoms. The molecule has 1 aliphatic carbocycles. The highest BCUT2D eigenvalue weighted by Crippen LogP contribution is 2.49. The minimum absolute atomic E-state index is 0.0923. The highest BCUT2D eigenvalue weighted by molar-refractivity contribution is 5.25. The summed E-state index contributed by atoms with van der Waals surface area (Å²) in [5.41, 5.74) is 0.724. The largest absolute Gasteiger partial charge is 0.390 e. The second-order valence-corrected chi connectivity index (χ2v) is 8.41. The van der Waals surface area contributed by atoms with E-state index in [1.54, 1.807) is 19.9 Å². The van der Waals surface area contributed by atoms with Crippen LogP contribution in [0.2, 0.25) is 0 Å². The lowest BCUT2D eigenvalue weighted by atomic mass is 9.75. The second-order valence-electron chi connectivity index (χ2n) is 8.41. The van der Waals surface area contributed by atoms with E-state index in [2.05, 4.69) is 6.58 Å². The average Bonchev–Trinajstić information content (AvgIpc) is 3.17. The Morgan fingerprint density at radius 3 is 2.72 bits per heavy atom. The van der Waals surface area contributed by atoms with Crippen LogP contribution in [-0.4, -0.2) is 51.6 Å². The Bertz CT molecular complexity index is 587. The van der Waals surface area contributed by atoms with E-state index in [0.29, 0.717) is 13.0 Å². The normalized spacial score (nSPS) is 44.0. The summed E-state index contributed by atoms with van der Waals surface area (Å²) in [6.45, 7) is 9.97. The van der Waals surface area contributed by atoms with E-state index in [4.69, 9.17) is 9.47 Å². The van der Waals surface area contributed by atoms with Gasteiger partial charge in [0.15, 0.2) is 6.29 Å². The summed E-state index contributed by atoms with van der Waals surface area (Å²) in [7, 11) is 0. The standard InChI is InChI=1S/C20H30O5/c1-12-10-15(21)17-20(4,25-17)9-7-14-13(6-5-8-19(2,3)23)11-24-18(22)16(12)14/h5-6,8,14-18,21-23H,1,7,9-11H2,2-4H3. The van der Waals surface area contributed by atoms with Gasteiger partial charge in [0.2, 0.25) is 0 Å². The Morgan fingerprint density at radius 2 is 2.04 bits per heavy atom. The van der Waals surface area contributed by atoms with Gasteiger partial charge in [0.05, 0.1) is 23.9 Å². The van der Waals surface area contributed by atoms with Crippen LogP contribution < -0.4 is 0 Å². The molecule has 0 aromatic rings. The fraction of sp³-hybridized carbons (Fsp3) is 0.700. The van der Waals surface area contributed by atoms with Gasteiger partial charge in [0.25, 0.3) is 0 Å². The molecule has 3 fully saturated rings. The molecule has 0 radical (unpaired) electrons. The van der Waals surface area contributed by atoms with E-state index in [1.165, 1.54) is 0 Å². The molecule has 3 N–H and O–H groups in total. The molecular formula is C20H30O5. The number of aliphatic hydroxyl groups is 3. The maximum atomic E-state index is 10.4. The van der Waals surface area contributed by atoms with Gasteiger partial charge in [-0.1, -0.05) is 30.4 Å². The summed E-state index contributed by atoms with van der Waals surface area (Å²) in [4.78, 5) is 0. The molecule has 0 aromatic heterocycles. The molecule has 5 nitrogen and oxygen atoms in total. The van der Waals surface area contributed by atoms with Crippen molar-refractivity contribution >= 4 is 0 Å². The number of ether oxygens (including phenoxy) is 2. The fourth-order valence-electron chi connectivity index (χ4n) is 4.15. The molecule has 140 valence electrons. The number of hydrogen-bond donors (Lipinski definition) is 3. The maximum absolute atomic E-state index is 10.4. The quantitative estimate of drug-likeness (QED) is 0.525. The third-order valence-electron chi connectivity index (χ3n) is 5.64. The first-order valence-electron chi connectivity index (χ1n) is 9.04. The van der Waals surface area contributed by atoms with Crippen LogP contribution in [0.1, 0.15) is 40.0 Å². The lowest BCUT2D eigenvalue weighted by Gasteiger charge is -2.39. The highest BCUT2D eigenvalue weighted by Gasteiger charge is 2.57. The Kier molecular flexibility index (Phi) is 4.99. The molecule has 6 unspecified atom stereocenters. The summed E-state index contributed by atoms with van der Waals surface area (Å²) in [6, 6.07) is 0. The van der Waals surface area contributed by atoms with Crippen molar-refractivity contribution < 1.29 is 24.8 Å². The van der Waals surface area contributed by atoms with Gasteiger partial charge >= 0.3 is 0 Å². The highest BCUT2D eigenvalue weighted by atomic mass is 16.6. The van der Waals surface area contributed by atoms with Crippen molar-refractivity contribution in [3.8, 4) is 0 Å². The summed E-state index contributed by atoms with van der Waals surface area (Å²) in [5.74, 6) is -0.138. The summed E-state index contributed by atoms with van der Waals surface area (Å²) in [5, 5.41) is 30.6. The molecule has 0 amide bonds. The molecule has 3 rings (SSSR count). The van der Waals surface area contributed by atoms with Crippen molar-refractivity contribution in [1.82, 2.24) is 0 Å². The minimum Gasteiger partial charge on any atom is -0.390 e. The van der Waals surface area contributed by atoms with Crippen LogP contribution in [0.5, 0.6) is 0 Å². The second kappa shape index (κ2) is 6.63. The molecule has 2 saturated heterocycles. The molecule has 2 heterocycles. The van der Waals surface area contributed by atoms with Gasteiger partial charge in [-0.05, 0) is 51.5 Å². The molecule has 6 atom stereocenters. The Hall–Kier alpha value is -0.980. The fourth-order valence-corrected chi connectivity index (χ4v) is 4.15.